The lowest BCUT2D eigenvalue weighted by molar-refractivity contribution is -0.123. The van der Waals surface area contributed by atoms with Gasteiger partial charge in [0.2, 0.25) is 11.8 Å². The Kier molecular flexibility index (Phi) is 9.43. The van der Waals surface area contributed by atoms with Crippen molar-refractivity contribution >= 4 is 11.8 Å². The Bertz CT molecular complexity index is 560. The van der Waals surface area contributed by atoms with Gasteiger partial charge in [-0.3, -0.25) is 9.59 Å². The van der Waals surface area contributed by atoms with E-state index in [2.05, 4.69) is 10.6 Å². The summed E-state index contributed by atoms with van der Waals surface area (Å²) in [6.07, 6.45) is 2.35. The highest BCUT2D eigenvalue weighted by Crippen LogP contribution is 2.27. The van der Waals surface area contributed by atoms with E-state index in [9.17, 15) is 9.59 Å². The Morgan fingerprint density at radius 2 is 1.60 bits per heavy atom. The SMILES string of the molecule is CCCNC(=O)CC(C)CC(=O)NCCc1ccc(OC)c(OC)c1. The quantitative estimate of drug-likeness (QED) is 0.642. The number of hydrogen-bond acceptors (Lipinski definition) is 4. The molecule has 2 amide bonds. The lowest BCUT2D eigenvalue weighted by Crippen LogP contribution is -2.30. The van der Waals surface area contributed by atoms with Gasteiger partial charge in [0.1, 0.15) is 0 Å². The van der Waals surface area contributed by atoms with Gasteiger partial charge < -0.3 is 20.1 Å². The molecule has 0 bridgehead atoms. The van der Waals surface area contributed by atoms with Crippen molar-refractivity contribution in [2.75, 3.05) is 27.3 Å². The molecule has 6 nitrogen and oxygen atoms in total. The number of carbonyl (C=O) groups excluding carboxylic acids is 2. The van der Waals surface area contributed by atoms with Crippen LogP contribution < -0.4 is 20.1 Å². The van der Waals surface area contributed by atoms with Crippen molar-refractivity contribution in [3.8, 4) is 11.5 Å². The maximum absolute atomic E-state index is 12.0. The Labute approximate surface area is 150 Å². The second-order valence-corrected chi connectivity index (χ2v) is 6.15. The van der Waals surface area contributed by atoms with Gasteiger partial charge in [-0.15, -0.1) is 0 Å². The summed E-state index contributed by atoms with van der Waals surface area (Å²) in [5.41, 5.74) is 1.06. The number of hydrogen-bond donors (Lipinski definition) is 2. The molecule has 2 N–H and O–H groups in total. The minimum Gasteiger partial charge on any atom is -0.493 e. The minimum absolute atomic E-state index is 0.00692. The van der Waals surface area contributed by atoms with E-state index in [0.29, 0.717) is 43.9 Å². The van der Waals surface area contributed by atoms with Crippen LogP contribution in [0.25, 0.3) is 0 Å². The number of carbonyl (C=O) groups is 2. The first-order chi connectivity index (χ1) is 12.0. The fraction of sp³-hybridized carbons (Fsp3) is 0.579. The van der Waals surface area contributed by atoms with Crippen LogP contribution in [0.5, 0.6) is 11.5 Å². The van der Waals surface area contributed by atoms with Crippen LogP contribution in [0.4, 0.5) is 0 Å². The van der Waals surface area contributed by atoms with Gasteiger partial charge in [-0.25, -0.2) is 0 Å². The van der Waals surface area contributed by atoms with Gasteiger partial charge in [-0.2, -0.15) is 0 Å². The molecule has 6 heteroatoms. The van der Waals surface area contributed by atoms with Crippen LogP contribution in [0, 0.1) is 5.92 Å². The molecule has 0 radical (unpaired) electrons. The second kappa shape index (κ2) is 11.3. The first-order valence-electron chi connectivity index (χ1n) is 8.74. The van der Waals surface area contributed by atoms with Gasteiger partial charge in [0, 0.05) is 25.9 Å². The molecule has 1 atom stereocenters. The zero-order chi connectivity index (χ0) is 18.7. The Morgan fingerprint density at radius 1 is 1.00 bits per heavy atom. The number of nitrogens with one attached hydrogen (secondary N) is 2. The van der Waals surface area contributed by atoms with Crippen LogP contribution in [-0.2, 0) is 16.0 Å². The summed E-state index contributed by atoms with van der Waals surface area (Å²) in [7, 11) is 3.20. The first kappa shape index (κ1) is 20.8. The molecule has 0 aliphatic heterocycles. The molecule has 0 fully saturated rings. The van der Waals surface area contributed by atoms with E-state index in [-0.39, 0.29) is 17.7 Å². The van der Waals surface area contributed by atoms with E-state index in [1.165, 1.54) is 0 Å². The molecular weight excluding hydrogens is 320 g/mol. The Morgan fingerprint density at radius 3 is 2.16 bits per heavy atom. The number of benzene rings is 1. The van der Waals surface area contributed by atoms with Crippen LogP contribution in [0.1, 0.15) is 38.7 Å². The molecule has 0 aliphatic carbocycles. The van der Waals surface area contributed by atoms with Crippen LogP contribution in [0.3, 0.4) is 0 Å². The second-order valence-electron chi connectivity index (χ2n) is 6.15. The van der Waals surface area contributed by atoms with Crippen molar-refractivity contribution in [2.45, 2.75) is 39.5 Å². The summed E-state index contributed by atoms with van der Waals surface area (Å²) in [5.74, 6) is 1.37. The molecule has 0 spiro atoms. The molecule has 1 aromatic rings. The third-order valence-corrected chi connectivity index (χ3v) is 3.82. The molecule has 0 saturated carbocycles. The minimum atomic E-state index is -0.0312. The zero-order valence-electron chi connectivity index (χ0n) is 15.7. The lowest BCUT2D eigenvalue weighted by atomic mass is 10.0. The average Bonchev–Trinajstić information content (AvgIpc) is 2.59. The van der Waals surface area contributed by atoms with E-state index >= 15 is 0 Å². The van der Waals surface area contributed by atoms with Gasteiger partial charge in [-0.1, -0.05) is 19.9 Å². The molecule has 1 rings (SSSR count). The summed E-state index contributed by atoms with van der Waals surface area (Å²) in [4.78, 5) is 23.6. The van der Waals surface area contributed by atoms with E-state index in [4.69, 9.17) is 9.47 Å². The number of rotatable bonds is 11. The summed E-state index contributed by atoms with van der Waals surface area (Å²) in [6.45, 7) is 5.15. The topological polar surface area (TPSA) is 76.7 Å². The predicted molar refractivity (Wildman–Crippen MR) is 98.0 cm³/mol. The standard InChI is InChI=1S/C19H30N2O4/c1-5-9-20-18(22)11-14(2)12-19(23)21-10-8-15-6-7-16(24-3)17(13-15)25-4/h6-7,13-14H,5,8-12H2,1-4H3,(H,20,22)(H,21,23). The molecule has 25 heavy (non-hydrogen) atoms. The van der Waals surface area contributed by atoms with E-state index in [1.807, 2.05) is 32.0 Å². The van der Waals surface area contributed by atoms with Crippen LogP contribution in [-0.4, -0.2) is 39.1 Å². The van der Waals surface area contributed by atoms with Crippen molar-refractivity contribution < 1.29 is 19.1 Å². The maximum Gasteiger partial charge on any atom is 0.220 e. The number of methoxy groups -OCH3 is 2. The summed E-state index contributed by atoms with van der Waals surface area (Å²) in [6, 6.07) is 5.72. The highest BCUT2D eigenvalue weighted by molar-refractivity contribution is 5.79. The molecule has 0 aliphatic rings. The molecule has 1 unspecified atom stereocenters. The molecule has 0 aromatic heterocycles. The molecule has 0 heterocycles. The Balaban J connectivity index is 2.33. The van der Waals surface area contributed by atoms with Gasteiger partial charge in [-0.05, 0) is 36.5 Å². The first-order valence-corrected chi connectivity index (χ1v) is 8.74. The van der Waals surface area contributed by atoms with Gasteiger partial charge >= 0.3 is 0 Å². The largest absolute Gasteiger partial charge is 0.493 e. The monoisotopic (exact) mass is 350 g/mol. The van der Waals surface area contributed by atoms with Crippen molar-refractivity contribution in [1.82, 2.24) is 10.6 Å². The molecule has 140 valence electrons. The fourth-order valence-electron chi connectivity index (χ4n) is 2.50. The van der Waals surface area contributed by atoms with E-state index in [1.54, 1.807) is 14.2 Å². The highest BCUT2D eigenvalue weighted by Gasteiger charge is 2.13. The number of amides is 2. The third kappa shape index (κ3) is 7.92. The summed E-state index contributed by atoms with van der Waals surface area (Å²) >= 11 is 0. The van der Waals surface area contributed by atoms with Crippen LogP contribution >= 0.6 is 0 Å². The average molecular weight is 350 g/mol. The van der Waals surface area contributed by atoms with E-state index in [0.717, 1.165) is 12.0 Å². The highest BCUT2D eigenvalue weighted by atomic mass is 16.5. The summed E-state index contributed by atoms with van der Waals surface area (Å²) < 4.78 is 10.5. The molecule has 0 saturated heterocycles. The van der Waals surface area contributed by atoms with Crippen molar-refractivity contribution in [1.29, 1.82) is 0 Å². The van der Waals surface area contributed by atoms with Crippen molar-refractivity contribution in [3.05, 3.63) is 23.8 Å². The van der Waals surface area contributed by atoms with Crippen LogP contribution in [0.2, 0.25) is 0 Å². The van der Waals surface area contributed by atoms with Crippen molar-refractivity contribution in [3.63, 3.8) is 0 Å². The van der Waals surface area contributed by atoms with Gasteiger partial charge in [0.05, 0.1) is 14.2 Å². The third-order valence-electron chi connectivity index (χ3n) is 3.82. The Hall–Kier alpha value is -2.24. The van der Waals surface area contributed by atoms with E-state index < -0.39 is 0 Å². The maximum atomic E-state index is 12.0. The summed E-state index contributed by atoms with van der Waals surface area (Å²) in [5, 5.41) is 5.73. The zero-order valence-corrected chi connectivity index (χ0v) is 15.7. The smallest absolute Gasteiger partial charge is 0.220 e. The van der Waals surface area contributed by atoms with Crippen LogP contribution in [0.15, 0.2) is 18.2 Å². The molecular formula is C19H30N2O4. The molecule has 1 aromatic carbocycles. The number of ether oxygens (including phenoxy) is 2. The normalized spacial score (nSPS) is 11.5. The lowest BCUT2D eigenvalue weighted by Gasteiger charge is -2.12. The van der Waals surface area contributed by atoms with Gasteiger partial charge in [0.15, 0.2) is 11.5 Å². The van der Waals surface area contributed by atoms with Crippen molar-refractivity contribution in [2.24, 2.45) is 5.92 Å². The fourth-order valence-corrected chi connectivity index (χ4v) is 2.50. The predicted octanol–water partition coefficient (Wildman–Crippen LogP) is 2.30. The van der Waals surface area contributed by atoms with Gasteiger partial charge in [0.25, 0.3) is 0 Å².